The van der Waals surface area contributed by atoms with E-state index in [9.17, 15) is 0 Å². The molecule has 0 amide bonds. The van der Waals surface area contributed by atoms with Gasteiger partial charge in [-0.05, 0) is 31.1 Å². The van der Waals surface area contributed by atoms with Gasteiger partial charge in [0.25, 0.3) is 0 Å². The predicted molar refractivity (Wildman–Crippen MR) is 62.4 cm³/mol. The highest BCUT2D eigenvalue weighted by Crippen LogP contribution is 2.26. The number of nitrogens with zero attached hydrogens (tertiary/aromatic N) is 1. The first-order valence-corrected chi connectivity index (χ1v) is 4.81. The summed E-state index contributed by atoms with van der Waals surface area (Å²) >= 11 is 0. The predicted octanol–water partition coefficient (Wildman–Crippen LogP) is 3.52. The molecule has 0 radical (unpaired) electrons. The summed E-state index contributed by atoms with van der Waals surface area (Å²) in [6, 6.07) is 6.53. The Morgan fingerprint density at radius 2 is 2.07 bits per heavy atom. The Labute approximate surface area is 84.7 Å². The average Bonchev–Trinajstić information content (AvgIpc) is 2.44. The Hall–Kier alpha value is -1.50. The van der Waals surface area contributed by atoms with E-state index in [0.717, 1.165) is 5.57 Å². The van der Waals surface area contributed by atoms with Crippen LogP contribution in [0.3, 0.4) is 0 Å². The third-order valence-electron chi connectivity index (χ3n) is 2.61. The third kappa shape index (κ3) is 1.25. The van der Waals surface area contributed by atoms with Crippen molar-refractivity contribution in [2.45, 2.75) is 13.8 Å². The summed E-state index contributed by atoms with van der Waals surface area (Å²) in [5.41, 5.74) is 4.96. The van der Waals surface area contributed by atoms with E-state index < -0.39 is 0 Å². The molecule has 0 fully saturated rings. The van der Waals surface area contributed by atoms with Crippen molar-refractivity contribution in [1.82, 2.24) is 4.57 Å². The molecule has 0 saturated heterocycles. The van der Waals surface area contributed by atoms with Crippen LogP contribution in [0, 0.1) is 6.92 Å². The Morgan fingerprint density at radius 3 is 2.71 bits per heavy atom. The van der Waals surface area contributed by atoms with Gasteiger partial charge in [-0.2, -0.15) is 0 Å². The highest BCUT2D eigenvalue weighted by molar-refractivity contribution is 5.92. The van der Waals surface area contributed by atoms with Gasteiger partial charge in [-0.25, -0.2) is 0 Å². The van der Waals surface area contributed by atoms with Crippen LogP contribution >= 0.6 is 0 Å². The van der Waals surface area contributed by atoms with E-state index in [1.807, 2.05) is 0 Å². The molecule has 0 aliphatic rings. The molecule has 1 heteroatoms. The lowest BCUT2D eigenvalue weighted by molar-refractivity contribution is 0.966. The smallest absolute Gasteiger partial charge is 0.0486 e. The van der Waals surface area contributed by atoms with Crippen LogP contribution in [0.1, 0.15) is 18.1 Å². The van der Waals surface area contributed by atoms with Crippen molar-refractivity contribution in [2.75, 3.05) is 0 Å². The summed E-state index contributed by atoms with van der Waals surface area (Å²) in [6.07, 6.45) is 2.15. The topological polar surface area (TPSA) is 4.93 Å². The summed E-state index contributed by atoms with van der Waals surface area (Å²) in [7, 11) is 2.08. The molecular weight excluding hydrogens is 170 g/mol. The molecule has 0 bridgehead atoms. The van der Waals surface area contributed by atoms with Gasteiger partial charge in [0.2, 0.25) is 0 Å². The molecule has 1 aromatic carbocycles. The van der Waals surface area contributed by atoms with E-state index >= 15 is 0 Å². The van der Waals surface area contributed by atoms with Gasteiger partial charge >= 0.3 is 0 Å². The Balaban J connectivity index is 2.84. The normalized spacial score (nSPS) is 10.8. The largest absolute Gasteiger partial charge is 0.350 e. The van der Waals surface area contributed by atoms with Gasteiger partial charge in [-0.15, -0.1) is 0 Å². The molecule has 14 heavy (non-hydrogen) atoms. The zero-order valence-corrected chi connectivity index (χ0v) is 8.96. The zero-order chi connectivity index (χ0) is 10.3. The van der Waals surface area contributed by atoms with E-state index in [4.69, 9.17) is 0 Å². The van der Waals surface area contributed by atoms with Gasteiger partial charge in [0.15, 0.2) is 0 Å². The zero-order valence-electron chi connectivity index (χ0n) is 8.96. The molecule has 1 aromatic heterocycles. The summed E-state index contributed by atoms with van der Waals surface area (Å²) in [5.74, 6) is 0. The summed E-state index contributed by atoms with van der Waals surface area (Å²) in [6.45, 7) is 8.17. The van der Waals surface area contributed by atoms with Crippen molar-refractivity contribution in [3.63, 3.8) is 0 Å². The number of aromatic nitrogens is 1. The van der Waals surface area contributed by atoms with Crippen LogP contribution in [0.15, 0.2) is 31.0 Å². The number of benzene rings is 1. The second-order valence-corrected chi connectivity index (χ2v) is 3.95. The van der Waals surface area contributed by atoms with E-state index in [2.05, 4.69) is 56.4 Å². The Kier molecular flexibility index (Phi) is 1.95. The summed E-state index contributed by atoms with van der Waals surface area (Å²) in [4.78, 5) is 0. The lowest BCUT2D eigenvalue weighted by Gasteiger charge is -1.98. The maximum absolute atomic E-state index is 4.00. The van der Waals surface area contributed by atoms with Gasteiger partial charge in [0.05, 0.1) is 0 Å². The number of hydrogen-bond donors (Lipinski definition) is 0. The molecule has 1 nitrogen and oxygen atoms in total. The number of hydrogen-bond acceptors (Lipinski definition) is 0. The standard InChI is InChI=1S/C13H15N/c1-9(2)12-8-14(4)13-7-10(3)5-6-11(12)13/h5-8H,1H2,2-4H3. The van der Waals surface area contributed by atoms with Crippen LogP contribution in [0.25, 0.3) is 16.5 Å². The molecule has 1 heterocycles. The third-order valence-corrected chi connectivity index (χ3v) is 2.61. The van der Waals surface area contributed by atoms with Crippen molar-refractivity contribution in [1.29, 1.82) is 0 Å². The fourth-order valence-corrected chi connectivity index (χ4v) is 1.83. The summed E-state index contributed by atoms with van der Waals surface area (Å²) < 4.78 is 2.16. The molecule has 2 aromatic rings. The molecule has 72 valence electrons. The van der Waals surface area contributed by atoms with Crippen LogP contribution in [0.2, 0.25) is 0 Å². The summed E-state index contributed by atoms with van der Waals surface area (Å²) in [5, 5.41) is 1.30. The van der Waals surface area contributed by atoms with Gasteiger partial charge in [-0.3, -0.25) is 0 Å². The second kappa shape index (κ2) is 3.02. The Morgan fingerprint density at radius 1 is 1.36 bits per heavy atom. The van der Waals surface area contributed by atoms with E-state index in [1.54, 1.807) is 0 Å². The van der Waals surface area contributed by atoms with Gasteiger partial charge in [0, 0.05) is 29.7 Å². The maximum Gasteiger partial charge on any atom is 0.0486 e. The molecule has 2 rings (SSSR count). The molecule has 0 aliphatic heterocycles. The maximum atomic E-state index is 4.00. The Bertz CT molecular complexity index is 503. The highest BCUT2D eigenvalue weighted by atomic mass is 14.9. The fourth-order valence-electron chi connectivity index (χ4n) is 1.83. The SMILES string of the molecule is C=C(C)c1cn(C)c2cc(C)ccc12. The van der Waals surface area contributed by atoms with Crippen molar-refractivity contribution in [2.24, 2.45) is 7.05 Å². The van der Waals surface area contributed by atoms with Gasteiger partial charge in [-0.1, -0.05) is 18.7 Å². The van der Waals surface area contributed by atoms with Crippen LogP contribution in [-0.4, -0.2) is 4.57 Å². The van der Waals surface area contributed by atoms with Gasteiger partial charge in [0.1, 0.15) is 0 Å². The molecule has 0 N–H and O–H groups in total. The molecule has 0 saturated carbocycles. The first kappa shape index (κ1) is 9.07. The lowest BCUT2D eigenvalue weighted by Crippen LogP contribution is -1.83. The molecule has 0 spiro atoms. The average molecular weight is 185 g/mol. The number of allylic oxidation sites excluding steroid dienone is 1. The van der Waals surface area contributed by atoms with E-state index in [1.165, 1.54) is 22.0 Å². The minimum Gasteiger partial charge on any atom is -0.350 e. The van der Waals surface area contributed by atoms with E-state index in [0.29, 0.717) is 0 Å². The van der Waals surface area contributed by atoms with Crippen LogP contribution in [-0.2, 0) is 7.05 Å². The second-order valence-electron chi connectivity index (χ2n) is 3.95. The van der Waals surface area contributed by atoms with Crippen molar-refractivity contribution in [3.05, 3.63) is 42.1 Å². The van der Waals surface area contributed by atoms with Gasteiger partial charge < -0.3 is 4.57 Å². The van der Waals surface area contributed by atoms with Crippen molar-refractivity contribution < 1.29 is 0 Å². The quantitative estimate of drug-likeness (QED) is 0.640. The van der Waals surface area contributed by atoms with Crippen molar-refractivity contribution in [3.8, 4) is 0 Å². The fraction of sp³-hybridized carbons (Fsp3) is 0.231. The van der Waals surface area contributed by atoms with E-state index in [-0.39, 0.29) is 0 Å². The number of rotatable bonds is 1. The first-order valence-electron chi connectivity index (χ1n) is 4.81. The van der Waals surface area contributed by atoms with Crippen molar-refractivity contribution >= 4 is 16.5 Å². The minimum absolute atomic E-state index is 1.12. The molecule has 0 unspecified atom stereocenters. The molecule has 0 aliphatic carbocycles. The monoisotopic (exact) mass is 185 g/mol. The minimum atomic E-state index is 1.12. The molecule has 0 atom stereocenters. The number of aryl methyl sites for hydroxylation is 2. The number of fused-ring (bicyclic) bond motifs is 1. The lowest BCUT2D eigenvalue weighted by atomic mass is 10.1. The van der Waals surface area contributed by atoms with Crippen LogP contribution in [0.4, 0.5) is 0 Å². The highest BCUT2D eigenvalue weighted by Gasteiger charge is 2.06. The van der Waals surface area contributed by atoms with Crippen LogP contribution in [0.5, 0.6) is 0 Å². The molecular formula is C13H15N. The van der Waals surface area contributed by atoms with Crippen LogP contribution < -0.4 is 0 Å². The first-order chi connectivity index (χ1) is 6.59.